The number of benzene rings is 1. The molecule has 1 heterocycles. The molecule has 0 spiro atoms. The van der Waals surface area contributed by atoms with Gasteiger partial charge < -0.3 is 9.64 Å². The Morgan fingerprint density at radius 2 is 2.00 bits per heavy atom. The quantitative estimate of drug-likeness (QED) is 0.576. The highest BCUT2D eigenvalue weighted by atomic mass is 32.2. The number of nitrogens with zero attached hydrogens (tertiary/aromatic N) is 1. The third-order valence-corrected chi connectivity index (χ3v) is 5.45. The Balaban J connectivity index is 2.13. The summed E-state index contributed by atoms with van der Waals surface area (Å²) in [6.45, 7) is 1.46. The highest BCUT2D eigenvalue weighted by Gasteiger charge is 2.35. The monoisotopic (exact) mass is 351 g/mol. The fourth-order valence-corrected chi connectivity index (χ4v) is 4.29. The lowest BCUT2D eigenvalue weighted by Gasteiger charge is -2.28. The second-order valence-corrected chi connectivity index (χ2v) is 7.80. The van der Waals surface area contributed by atoms with Crippen molar-refractivity contribution in [3.63, 3.8) is 0 Å². The normalized spacial score (nSPS) is 19.3. The summed E-state index contributed by atoms with van der Waals surface area (Å²) in [4.78, 5) is 25.5. The largest absolute Gasteiger partial charge is 0.452 e. The topological polar surface area (TPSA) is 80.8 Å². The van der Waals surface area contributed by atoms with Gasteiger partial charge in [-0.25, -0.2) is 13.2 Å². The average molecular weight is 351 g/mol. The number of anilines is 1. The summed E-state index contributed by atoms with van der Waals surface area (Å²) in [5.74, 6) is -1.02. The van der Waals surface area contributed by atoms with Gasteiger partial charge in [0.2, 0.25) is 0 Å². The summed E-state index contributed by atoms with van der Waals surface area (Å²) >= 11 is 0. The molecular weight excluding hydrogens is 330 g/mol. The van der Waals surface area contributed by atoms with Gasteiger partial charge in [-0.1, -0.05) is 31.2 Å². The molecule has 0 radical (unpaired) electrons. The minimum absolute atomic E-state index is 0.0628. The average Bonchev–Trinajstić information content (AvgIpc) is 2.91. The number of para-hydroxylation sites is 1. The Labute approximate surface area is 142 Å². The molecule has 1 fully saturated rings. The minimum atomic E-state index is -3.14. The van der Waals surface area contributed by atoms with Crippen molar-refractivity contribution >= 4 is 27.4 Å². The second-order valence-electron chi connectivity index (χ2n) is 5.57. The SMILES string of the molecule is CC/C=C/C(=O)OCC(=O)N(c1ccccc1)[C@@H]1CCS(=O)(=O)C1. The molecule has 0 bridgehead atoms. The molecule has 7 heteroatoms. The number of hydrogen-bond donors (Lipinski definition) is 0. The third-order valence-electron chi connectivity index (χ3n) is 3.70. The van der Waals surface area contributed by atoms with Crippen molar-refractivity contribution in [3.8, 4) is 0 Å². The zero-order valence-corrected chi connectivity index (χ0v) is 14.4. The maximum absolute atomic E-state index is 12.5. The van der Waals surface area contributed by atoms with E-state index in [9.17, 15) is 18.0 Å². The first-order chi connectivity index (χ1) is 11.4. The van der Waals surface area contributed by atoms with Crippen LogP contribution in [0, 0.1) is 0 Å². The Morgan fingerprint density at radius 3 is 2.58 bits per heavy atom. The molecule has 0 unspecified atom stereocenters. The van der Waals surface area contributed by atoms with Crippen LogP contribution in [0.5, 0.6) is 0 Å². The van der Waals surface area contributed by atoms with Gasteiger partial charge in [-0.3, -0.25) is 4.79 Å². The van der Waals surface area contributed by atoms with Crippen LogP contribution < -0.4 is 4.90 Å². The van der Waals surface area contributed by atoms with E-state index in [1.54, 1.807) is 30.3 Å². The summed E-state index contributed by atoms with van der Waals surface area (Å²) in [5.41, 5.74) is 0.602. The summed E-state index contributed by atoms with van der Waals surface area (Å²) in [6.07, 6.45) is 4.00. The van der Waals surface area contributed by atoms with Gasteiger partial charge >= 0.3 is 5.97 Å². The van der Waals surface area contributed by atoms with E-state index < -0.39 is 34.4 Å². The first-order valence-corrected chi connectivity index (χ1v) is 9.66. The van der Waals surface area contributed by atoms with Gasteiger partial charge in [0.15, 0.2) is 16.4 Å². The van der Waals surface area contributed by atoms with E-state index in [0.29, 0.717) is 18.5 Å². The van der Waals surface area contributed by atoms with E-state index in [-0.39, 0.29) is 11.5 Å². The molecule has 1 aromatic carbocycles. The van der Waals surface area contributed by atoms with Crippen molar-refractivity contribution in [2.45, 2.75) is 25.8 Å². The molecule has 0 N–H and O–H groups in total. The van der Waals surface area contributed by atoms with Gasteiger partial charge in [0, 0.05) is 11.8 Å². The van der Waals surface area contributed by atoms with Crippen LogP contribution in [-0.2, 0) is 24.2 Å². The first-order valence-electron chi connectivity index (χ1n) is 7.84. The molecule has 1 aromatic rings. The standard InChI is InChI=1S/C17H21NO5S/c1-2-3-9-17(20)23-12-16(19)18(14-7-5-4-6-8-14)15-10-11-24(21,22)13-15/h3-9,15H,2,10-13H2,1H3/b9-3+/t15-/m1/s1. The van der Waals surface area contributed by atoms with E-state index in [0.717, 1.165) is 0 Å². The number of rotatable bonds is 6. The summed E-state index contributed by atoms with van der Waals surface area (Å²) < 4.78 is 28.5. The maximum atomic E-state index is 12.5. The lowest BCUT2D eigenvalue weighted by molar-refractivity contribution is -0.143. The lowest BCUT2D eigenvalue weighted by atomic mass is 10.2. The van der Waals surface area contributed by atoms with E-state index in [4.69, 9.17) is 4.74 Å². The Morgan fingerprint density at radius 1 is 1.29 bits per heavy atom. The number of esters is 1. The van der Waals surface area contributed by atoms with Gasteiger partial charge in [-0.2, -0.15) is 0 Å². The van der Waals surface area contributed by atoms with Crippen LogP contribution in [0.2, 0.25) is 0 Å². The predicted molar refractivity (Wildman–Crippen MR) is 91.4 cm³/mol. The first kappa shape index (κ1) is 18.2. The zero-order valence-electron chi connectivity index (χ0n) is 13.6. The van der Waals surface area contributed by atoms with Crippen molar-refractivity contribution in [1.82, 2.24) is 0 Å². The second kappa shape index (κ2) is 8.10. The van der Waals surface area contributed by atoms with Gasteiger partial charge in [-0.05, 0) is 25.0 Å². The molecule has 0 saturated carbocycles. The molecule has 1 aliphatic rings. The van der Waals surface area contributed by atoms with E-state index in [1.807, 2.05) is 13.0 Å². The van der Waals surface area contributed by atoms with Crippen LogP contribution in [0.15, 0.2) is 42.5 Å². The summed E-state index contributed by atoms with van der Waals surface area (Å²) in [6, 6.07) is 8.40. The van der Waals surface area contributed by atoms with E-state index in [1.165, 1.54) is 11.0 Å². The molecule has 130 valence electrons. The number of sulfone groups is 1. The van der Waals surface area contributed by atoms with Crippen LogP contribution in [-0.4, -0.2) is 44.4 Å². The number of amides is 1. The van der Waals surface area contributed by atoms with Gasteiger partial charge in [0.25, 0.3) is 5.91 Å². The van der Waals surface area contributed by atoms with Crippen LogP contribution in [0.1, 0.15) is 19.8 Å². The van der Waals surface area contributed by atoms with Crippen LogP contribution in [0.25, 0.3) is 0 Å². The van der Waals surface area contributed by atoms with Crippen molar-refractivity contribution in [1.29, 1.82) is 0 Å². The minimum Gasteiger partial charge on any atom is -0.452 e. The maximum Gasteiger partial charge on any atom is 0.330 e. The molecule has 1 aliphatic heterocycles. The van der Waals surface area contributed by atoms with Crippen LogP contribution in [0.3, 0.4) is 0 Å². The number of carbonyl (C=O) groups excluding carboxylic acids is 2. The summed E-state index contributed by atoms with van der Waals surface area (Å²) in [5, 5.41) is 0. The third kappa shape index (κ3) is 4.92. The zero-order chi connectivity index (χ0) is 17.6. The lowest BCUT2D eigenvalue weighted by Crippen LogP contribution is -2.43. The van der Waals surface area contributed by atoms with Crippen molar-refractivity contribution in [2.75, 3.05) is 23.0 Å². The fourth-order valence-electron chi connectivity index (χ4n) is 2.59. The predicted octanol–water partition coefficient (Wildman–Crippen LogP) is 1.72. The molecule has 1 amide bonds. The molecule has 1 saturated heterocycles. The van der Waals surface area contributed by atoms with Crippen molar-refractivity contribution in [2.24, 2.45) is 0 Å². The number of ether oxygens (including phenoxy) is 1. The smallest absolute Gasteiger partial charge is 0.330 e. The van der Waals surface area contributed by atoms with Gasteiger partial charge in [0.1, 0.15) is 0 Å². The molecule has 24 heavy (non-hydrogen) atoms. The fraction of sp³-hybridized carbons (Fsp3) is 0.412. The van der Waals surface area contributed by atoms with Crippen LogP contribution in [0.4, 0.5) is 5.69 Å². The highest BCUT2D eigenvalue weighted by molar-refractivity contribution is 7.91. The van der Waals surface area contributed by atoms with E-state index in [2.05, 4.69) is 0 Å². The molecule has 2 rings (SSSR count). The van der Waals surface area contributed by atoms with Crippen molar-refractivity contribution in [3.05, 3.63) is 42.5 Å². The molecule has 0 aromatic heterocycles. The Hall–Kier alpha value is -2.15. The van der Waals surface area contributed by atoms with Crippen molar-refractivity contribution < 1.29 is 22.7 Å². The summed E-state index contributed by atoms with van der Waals surface area (Å²) in [7, 11) is -3.14. The van der Waals surface area contributed by atoms with E-state index >= 15 is 0 Å². The van der Waals surface area contributed by atoms with Crippen LogP contribution >= 0.6 is 0 Å². The highest BCUT2D eigenvalue weighted by Crippen LogP contribution is 2.24. The Bertz CT molecular complexity index is 712. The van der Waals surface area contributed by atoms with Gasteiger partial charge in [-0.15, -0.1) is 0 Å². The molecule has 0 aliphatic carbocycles. The van der Waals surface area contributed by atoms with Gasteiger partial charge in [0.05, 0.1) is 17.5 Å². The Kier molecular flexibility index (Phi) is 6.14. The number of allylic oxidation sites excluding steroid dienone is 1. The number of hydrogen-bond acceptors (Lipinski definition) is 5. The molecule has 1 atom stereocenters. The molecular formula is C17H21NO5S. The molecule has 6 nitrogen and oxygen atoms in total. The number of carbonyl (C=O) groups is 2.